The lowest BCUT2D eigenvalue weighted by Crippen LogP contribution is -2.22. The molecule has 2 aromatic rings. The van der Waals surface area contributed by atoms with Gasteiger partial charge in [0.2, 0.25) is 0 Å². The van der Waals surface area contributed by atoms with Crippen LogP contribution in [0.3, 0.4) is 0 Å². The molecule has 1 aromatic carbocycles. The van der Waals surface area contributed by atoms with Crippen LogP contribution in [-0.4, -0.2) is 17.6 Å². The first-order chi connectivity index (χ1) is 10.1. The summed E-state index contributed by atoms with van der Waals surface area (Å²) < 4.78 is 1.70. The summed E-state index contributed by atoms with van der Waals surface area (Å²) >= 11 is 8.18. The van der Waals surface area contributed by atoms with E-state index in [-0.39, 0.29) is 12.5 Å². The Morgan fingerprint density at radius 1 is 1.33 bits per heavy atom. The summed E-state index contributed by atoms with van der Waals surface area (Å²) in [5.74, 6) is 5.31. The first-order valence-corrected chi connectivity index (χ1v) is 8.42. The van der Waals surface area contributed by atoms with Crippen LogP contribution < -0.4 is 5.32 Å². The number of carbonyl (C=O) groups is 1. The molecule has 0 spiro atoms. The number of carbonyl (C=O) groups excluding carboxylic acids is 1. The van der Waals surface area contributed by atoms with Crippen LogP contribution in [0, 0.1) is 11.8 Å². The van der Waals surface area contributed by atoms with Crippen LogP contribution >= 0.6 is 43.2 Å². The van der Waals surface area contributed by atoms with Crippen molar-refractivity contribution in [3.63, 3.8) is 0 Å². The zero-order valence-corrected chi connectivity index (χ0v) is 14.8. The number of hydrogen-bond donors (Lipinski definition) is 2. The highest BCUT2D eigenvalue weighted by Gasteiger charge is 2.13. The Morgan fingerprint density at radius 2 is 2.14 bits per heavy atom. The van der Waals surface area contributed by atoms with Crippen molar-refractivity contribution in [2.24, 2.45) is 0 Å². The number of thiophene rings is 1. The number of aliphatic hydroxyl groups is 1. The van der Waals surface area contributed by atoms with Crippen molar-refractivity contribution < 1.29 is 9.90 Å². The highest BCUT2D eigenvalue weighted by molar-refractivity contribution is 9.12. The molecule has 0 radical (unpaired) electrons. The van der Waals surface area contributed by atoms with Gasteiger partial charge >= 0.3 is 0 Å². The average Bonchev–Trinajstić information content (AvgIpc) is 2.82. The molecule has 0 atom stereocenters. The molecule has 0 aliphatic heterocycles. The van der Waals surface area contributed by atoms with Gasteiger partial charge in [0.05, 0.1) is 13.1 Å². The van der Waals surface area contributed by atoms with Crippen LogP contribution in [0.1, 0.15) is 21.5 Å². The molecule has 0 fully saturated rings. The van der Waals surface area contributed by atoms with E-state index in [2.05, 4.69) is 49.0 Å². The van der Waals surface area contributed by atoms with Crippen molar-refractivity contribution in [2.45, 2.75) is 6.54 Å². The average molecular weight is 429 g/mol. The predicted octanol–water partition coefficient (Wildman–Crippen LogP) is 3.55. The lowest BCUT2D eigenvalue weighted by Gasteiger charge is -2.05. The monoisotopic (exact) mass is 427 g/mol. The Kier molecular flexibility index (Phi) is 6.00. The Hall–Kier alpha value is -1.13. The van der Waals surface area contributed by atoms with E-state index in [9.17, 15) is 4.79 Å². The van der Waals surface area contributed by atoms with Crippen LogP contribution in [0.4, 0.5) is 0 Å². The Labute approximate surface area is 143 Å². The molecular formula is C15H11Br2NO2S. The molecule has 1 aromatic heterocycles. The van der Waals surface area contributed by atoms with Crippen LogP contribution in [0.25, 0.3) is 0 Å². The van der Waals surface area contributed by atoms with Gasteiger partial charge in [-0.25, -0.2) is 0 Å². The van der Waals surface area contributed by atoms with Gasteiger partial charge in [-0.05, 0) is 55.6 Å². The largest absolute Gasteiger partial charge is 0.384 e. The number of rotatable bonds is 3. The van der Waals surface area contributed by atoms with Gasteiger partial charge in [0.25, 0.3) is 5.91 Å². The minimum Gasteiger partial charge on any atom is -0.384 e. The summed E-state index contributed by atoms with van der Waals surface area (Å²) in [6.45, 7) is 0.259. The fourth-order valence-corrected chi connectivity index (χ4v) is 4.47. The highest BCUT2D eigenvalue weighted by atomic mass is 79.9. The van der Waals surface area contributed by atoms with E-state index >= 15 is 0 Å². The maximum Gasteiger partial charge on any atom is 0.253 e. The molecule has 0 aliphatic carbocycles. The summed E-state index contributed by atoms with van der Waals surface area (Å²) in [6, 6.07) is 9.33. The summed E-state index contributed by atoms with van der Waals surface area (Å²) in [4.78, 5) is 12.1. The SMILES string of the molecule is O=C(NCc1cccc(C#CCO)c1)c1cc(Br)sc1Br. The van der Waals surface area contributed by atoms with E-state index in [0.717, 1.165) is 18.7 Å². The first kappa shape index (κ1) is 16.2. The molecule has 3 nitrogen and oxygen atoms in total. The van der Waals surface area contributed by atoms with Gasteiger partial charge in [-0.2, -0.15) is 0 Å². The van der Waals surface area contributed by atoms with Crippen molar-refractivity contribution in [1.82, 2.24) is 5.32 Å². The maximum absolute atomic E-state index is 12.1. The second kappa shape index (κ2) is 7.76. The standard InChI is InChI=1S/C15H11Br2NO2S/c16-13-8-12(14(17)21-13)15(20)18-9-11-4-1-3-10(7-11)5-2-6-19/h1,3-4,7-8,19H,6,9H2,(H,18,20). The van der Waals surface area contributed by atoms with E-state index in [4.69, 9.17) is 5.11 Å². The number of halogens is 2. The molecule has 2 N–H and O–H groups in total. The summed E-state index contributed by atoms with van der Waals surface area (Å²) in [6.07, 6.45) is 0. The minimum atomic E-state index is -0.165. The molecule has 1 amide bonds. The Bertz CT molecular complexity index is 716. The second-order valence-corrected chi connectivity index (χ2v) is 7.83. The number of nitrogens with one attached hydrogen (secondary N) is 1. The molecule has 1 heterocycles. The van der Waals surface area contributed by atoms with Crippen LogP contribution in [0.15, 0.2) is 37.9 Å². The Balaban J connectivity index is 2.03. The van der Waals surface area contributed by atoms with Gasteiger partial charge in [-0.3, -0.25) is 4.79 Å². The fourth-order valence-electron chi connectivity index (χ4n) is 1.67. The lowest BCUT2D eigenvalue weighted by atomic mass is 10.1. The van der Waals surface area contributed by atoms with E-state index in [0.29, 0.717) is 12.1 Å². The second-order valence-electron chi connectivity index (χ2n) is 4.08. The number of amides is 1. The molecular weight excluding hydrogens is 418 g/mol. The van der Waals surface area contributed by atoms with E-state index in [1.165, 1.54) is 11.3 Å². The van der Waals surface area contributed by atoms with Crippen LogP contribution in [-0.2, 0) is 6.54 Å². The molecule has 2 rings (SSSR count). The predicted molar refractivity (Wildman–Crippen MR) is 91.3 cm³/mol. The number of hydrogen-bond acceptors (Lipinski definition) is 3. The third-order valence-corrected chi connectivity index (χ3v) is 4.93. The van der Waals surface area contributed by atoms with Crippen molar-refractivity contribution in [3.05, 3.63) is 54.6 Å². The molecule has 0 saturated carbocycles. The molecule has 108 valence electrons. The van der Waals surface area contributed by atoms with E-state index in [1.54, 1.807) is 6.07 Å². The van der Waals surface area contributed by atoms with Crippen molar-refractivity contribution in [2.75, 3.05) is 6.61 Å². The smallest absolute Gasteiger partial charge is 0.253 e. The van der Waals surface area contributed by atoms with Crippen molar-refractivity contribution >= 4 is 49.1 Å². The first-order valence-electron chi connectivity index (χ1n) is 6.02. The van der Waals surface area contributed by atoms with E-state index in [1.807, 2.05) is 24.3 Å². The normalized spacial score (nSPS) is 9.86. The third-order valence-electron chi connectivity index (χ3n) is 2.59. The fraction of sp³-hybridized carbons (Fsp3) is 0.133. The third kappa shape index (κ3) is 4.68. The van der Waals surface area contributed by atoms with E-state index < -0.39 is 0 Å². The van der Waals surface area contributed by atoms with Gasteiger partial charge in [0, 0.05) is 12.1 Å². The zero-order valence-electron chi connectivity index (χ0n) is 10.8. The van der Waals surface area contributed by atoms with Gasteiger partial charge in [0.15, 0.2) is 0 Å². The van der Waals surface area contributed by atoms with Gasteiger partial charge in [-0.15, -0.1) is 11.3 Å². The summed E-state index contributed by atoms with van der Waals surface area (Å²) in [5, 5.41) is 11.6. The van der Waals surface area contributed by atoms with Crippen LogP contribution in [0.5, 0.6) is 0 Å². The van der Waals surface area contributed by atoms with Gasteiger partial charge in [0.1, 0.15) is 6.61 Å². The zero-order chi connectivity index (χ0) is 15.2. The summed E-state index contributed by atoms with van der Waals surface area (Å²) in [7, 11) is 0. The van der Waals surface area contributed by atoms with Gasteiger partial charge < -0.3 is 10.4 Å². The number of benzene rings is 1. The molecule has 0 bridgehead atoms. The molecule has 0 aliphatic rings. The topological polar surface area (TPSA) is 49.3 Å². The highest BCUT2D eigenvalue weighted by Crippen LogP contribution is 2.31. The minimum absolute atomic E-state index is 0.129. The quantitative estimate of drug-likeness (QED) is 0.734. The van der Waals surface area contributed by atoms with Crippen LogP contribution in [0.2, 0.25) is 0 Å². The number of aliphatic hydroxyl groups excluding tert-OH is 1. The molecule has 0 unspecified atom stereocenters. The van der Waals surface area contributed by atoms with Gasteiger partial charge in [-0.1, -0.05) is 24.0 Å². The molecule has 0 saturated heterocycles. The molecule has 6 heteroatoms. The Morgan fingerprint density at radius 3 is 2.81 bits per heavy atom. The van der Waals surface area contributed by atoms with Crippen molar-refractivity contribution in [1.29, 1.82) is 0 Å². The summed E-state index contributed by atoms with van der Waals surface area (Å²) in [5.41, 5.74) is 2.39. The lowest BCUT2D eigenvalue weighted by molar-refractivity contribution is 0.0950. The molecule has 21 heavy (non-hydrogen) atoms. The van der Waals surface area contributed by atoms with Crippen molar-refractivity contribution in [3.8, 4) is 11.8 Å². The maximum atomic E-state index is 12.1.